The molecule has 21 heavy (non-hydrogen) atoms. The number of nitrogens with two attached hydrogens (primary N) is 1. The monoisotopic (exact) mass is 286 g/mol. The van der Waals surface area contributed by atoms with Crippen molar-refractivity contribution in [2.45, 2.75) is 57.9 Å². The highest BCUT2D eigenvalue weighted by Gasteiger charge is 2.45. The van der Waals surface area contributed by atoms with Crippen molar-refractivity contribution in [3.05, 3.63) is 29.8 Å². The molecule has 3 atom stereocenters. The van der Waals surface area contributed by atoms with Gasteiger partial charge in [-0.3, -0.25) is 0 Å². The quantitative estimate of drug-likeness (QED) is 0.891. The highest BCUT2D eigenvalue weighted by Crippen LogP contribution is 2.44. The zero-order valence-corrected chi connectivity index (χ0v) is 13.6. The predicted octanol–water partition coefficient (Wildman–Crippen LogP) is 3.98. The number of hydrogen-bond acceptors (Lipinski definition) is 2. The molecular weight excluding hydrogens is 256 g/mol. The molecule has 1 aliphatic heterocycles. The molecule has 116 valence electrons. The fraction of sp³-hybridized carbons (Fsp3) is 0.684. The van der Waals surface area contributed by atoms with Gasteiger partial charge in [-0.25, -0.2) is 0 Å². The average Bonchev–Trinajstić information content (AvgIpc) is 2.73. The van der Waals surface area contributed by atoms with E-state index in [9.17, 15) is 0 Å². The number of rotatable bonds is 2. The first-order valence-corrected chi connectivity index (χ1v) is 8.74. The van der Waals surface area contributed by atoms with E-state index in [-0.39, 0.29) is 5.54 Å². The molecule has 0 saturated heterocycles. The Labute approximate surface area is 129 Å². The maximum absolute atomic E-state index is 6.39. The van der Waals surface area contributed by atoms with Gasteiger partial charge in [0.2, 0.25) is 0 Å². The molecule has 0 bridgehead atoms. The lowest BCUT2D eigenvalue weighted by Crippen LogP contribution is -2.61. The van der Waals surface area contributed by atoms with E-state index in [1.54, 1.807) is 0 Å². The summed E-state index contributed by atoms with van der Waals surface area (Å²) < 4.78 is 0. The van der Waals surface area contributed by atoms with Crippen LogP contribution in [0.25, 0.3) is 0 Å². The lowest BCUT2D eigenvalue weighted by molar-refractivity contribution is 0.139. The van der Waals surface area contributed by atoms with Crippen molar-refractivity contribution in [3.63, 3.8) is 0 Å². The number of aryl methyl sites for hydroxylation is 1. The van der Waals surface area contributed by atoms with Crippen molar-refractivity contribution >= 4 is 5.69 Å². The molecular formula is C19H30N2. The number of anilines is 1. The molecule has 0 aromatic heterocycles. The lowest BCUT2D eigenvalue weighted by Gasteiger charge is -2.53. The minimum Gasteiger partial charge on any atom is -0.364 e. The highest BCUT2D eigenvalue weighted by molar-refractivity contribution is 5.57. The van der Waals surface area contributed by atoms with E-state index in [0.29, 0.717) is 5.92 Å². The second-order valence-corrected chi connectivity index (χ2v) is 7.20. The van der Waals surface area contributed by atoms with E-state index in [0.717, 1.165) is 12.5 Å². The fourth-order valence-corrected chi connectivity index (χ4v) is 4.67. The minimum absolute atomic E-state index is 0.165. The zero-order valence-electron chi connectivity index (χ0n) is 13.6. The first-order chi connectivity index (χ1) is 10.2. The topological polar surface area (TPSA) is 29.3 Å². The van der Waals surface area contributed by atoms with Crippen LogP contribution < -0.4 is 10.6 Å². The largest absolute Gasteiger partial charge is 0.364 e. The van der Waals surface area contributed by atoms with Crippen molar-refractivity contribution in [2.24, 2.45) is 17.6 Å². The molecule has 2 heteroatoms. The molecule has 2 nitrogen and oxygen atoms in total. The van der Waals surface area contributed by atoms with Crippen LogP contribution in [0, 0.1) is 11.8 Å². The molecule has 3 unspecified atom stereocenters. The Bertz CT molecular complexity index is 484. The standard InChI is InChI=1S/C19H30N2/c1-15-8-7-12-19(14-20,16(15)2)21-13-6-5-10-17-9-3-4-11-18(17)21/h3-4,9,11,15-16H,5-8,10,12-14,20H2,1-2H3. The smallest absolute Gasteiger partial charge is 0.0552 e. The Hall–Kier alpha value is -1.02. The third-order valence-corrected chi connectivity index (χ3v) is 6.22. The van der Waals surface area contributed by atoms with Gasteiger partial charge in [0.1, 0.15) is 0 Å². The molecule has 1 aromatic carbocycles. The third kappa shape index (κ3) is 2.48. The van der Waals surface area contributed by atoms with Crippen LogP contribution in [0.15, 0.2) is 24.3 Å². The SMILES string of the molecule is CC1CCCC(CN)(N2CCCCc3ccccc32)C1C. The van der Waals surface area contributed by atoms with Crippen LogP contribution in [0.2, 0.25) is 0 Å². The summed E-state index contributed by atoms with van der Waals surface area (Å²) in [5, 5.41) is 0. The van der Waals surface area contributed by atoms with E-state index < -0.39 is 0 Å². The summed E-state index contributed by atoms with van der Waals surface area (Å²) in [4.78, 5) is 2.70. The first kappa shape index (κ1) is 14.9. The molecule has 0 radical (unpaired) electrons. The summed E-state index contributed by atoms with van der Waals surface area (Å²) >= 11 is 0. The average molecular weight is 286 g/mol. The molecule has 3 rings (SSSR count). The molecule has 1 fully saturated rings. The molecule has 1 aromatic rings. The summed E-state index contributed by atoms with van der Waals surface area (Å²) in [6.45, 7) is 6.81. The van der Waals surface area contributed by atoms with Crippen LogP contribution in [0.3, 0.4) is 0 Å². The van der Waals surface area contributed by atoms with E-state index >= 15 is 0 Å². The molecule has 0 amide bonds. The lowest BCUT2D eigenvalue weighted by atomic mass is 9.67. The number of benzene rings is 1. The summed E-state index contributed by atoms with van der Waals surface area (Å²) in [6, 6.07) is 9.02. The van der Waals surface area contributed by atoms with Gasteiger partial charge in [0.15, 0.2) is 0 Å². The fourth-order valence-electron chi connectivity index (χ4n) is 4.67. The number of fused-ring (bicyclic) bond motifs is 1. The van der Waals surface area contributed by atoms with Gasteiger partial charge in [-0.2, -0.15) is 0 Å². The van der Waals surface area contributed by atoms with Crippen LogP contribution in [0.5, 0.6) is 0 Å². The van der Waals surface area contributed by atoms with Crippen LogP contribution in [0.1, 0.15) is 51.5 Å². The van der Waals surface area contributed by atoms with Crippen molar-refractivity contribution in [2.75, 3.05) is 18.0 Å². The molecule has 1 saturated carbocycles. The number of hydrogen-bond donors (Lipinski definition) is 1. The maximum Gasteiger partial charge on any atom is 0.0552 e. The van der Waals surface area contributed by atoms with E-state index in [2.05, 4.69) is 43.0 Å². The molecule has 2 aliphatic rings. The van der Waals surface area contributed by atoms with Gasteiger partial charge in [-0.15, -0.1) is 0 Å². The molecule has 1 heterocycles. The van der Waals surface area contributed by atoms with Gasteiger partial charge < -0.3 is 10.6 Å². The molecule has 1 aliphatic carbocycles. The van der Waals surface area contributed by atoms with Gasteiger partial charge in [-0.1, -0.05) is 44.9 Å². The summed E-state index contributed by atoms with van der Waals surface area (Å²) in [5.41, 5.74) is 9.53. The second-order valence-electron chi connectivity index (χ2n) is 7.20. The Morgan fingerprint density at radius 2 is 2.00 bits per heavy atom. The Morgan fingerprint density at radius 1 is 1.19 bits per heavy atom. The van der Waals surface area contributed by atoms with Crippen LogP contribution in [-0.2, 0) is 6.42 Å². The van der Waals surface area contributed by atoms with Crippen molar-refractivity contribution < 1.29 is 0 Å². The Balaban J connectivity index is 2.04. The second kappa shape index (κ2) is 6.00. The van der Waals surface area contributed by atoms with Gasteiger partial charge in [0, 0.05) is 18.8 Å². The summed E-state index contributed by atoms with van der Waals surface area (Å²) in [5.74, 6) is 1.44. The van der Waals surface area contributed by atoms with Crippen molar-refractivity contribution in [1.82, 2.24) is 0 Å². The van der Waals surface area contributed by atoms with Gasteiger partial charge in [0.05, 0.1) is 5.54 Å². The van der Waals surface area contributed by atoms with Crippen LogP contribution >= 0.6 is 0 Å². The first-order valence-electron chi connectivity index (χ1n) is 8.74. The van der Waals surface area contributed by atoms with Crippen LogP contribution in [-0.4, -0.2) is 18.6 Å². The Morgan fingerprint density at radius 3 is 2.81 bits per heavy atom. The van der Waals surface area contributed by atoms with E-state index in [1.165, 1.54) is 56.3 Å². The maximum atomic E-state index is 6.39. The molecule has 2 N–H and O–H groups in total. The van der Waals surface area contributed by atoms with Gasteiger partial charge >= 0.3 is 0 Å². The normalized spacial score (nSPS) is 33.4. The van der Waals surface area contributed by atoms with E-state index in [4.69, 9.17) is 5.73 Å². The summed E-state index contributed by atoms with van der Waals surface area (Å²) in [7, 11) is 0. The van der Waals surface area contributed by atoms with Gasteiger partial charge in [0.25, 0.3) is 0 Å². The Kier molecular flexibility index (Phi) is 4.26. The number of para-hydroxylation sites is 1. The van der Waals surface area contributed by atoms with E-state index in [1.807, 2.05) is 0 Å². The summed E-state index contributed by atoms with van der Waals surface area (Å²) in [6.07, 6.45) is 7.75. The van der Waals surface area contributed by atoms with Gasteiger partial charge in [-0.05, 0) is 49.1 Å². The van der Waals surface area contributed by atoms with Crippen LogP contribution in [0.4, 0.5) is 5.69 Å². The number of nitrogens with zero attached hydrogens (tertiary/aromatic N) is 1. The highest BCUT2D eigenvalue weighted by atomic mass is 15.2. The van der Waals surface area contributed by atoms with Crippen molar-refractivity contribution in [3.8, 4) is 0 Å². The molecule has 0 spiro atoms. The third-order valence-electron chi connectivity index (χ3n) is 6.22. The predicted molar refractivity (Wildman–Crippen MR) is 90.7 cm³/mol. The minimum atomic E-state index is 0.165. The van der Waals surface area contributed by atoms with Crippen molar-refractivity contribution in [1.29, 1.82) is 0 Å². The zero-order chi connectivity index (χ0) is 14.9.